The number of nitrogens with zero attached hydrogens (tertiary/aromatic N) is 3. The summed E-state index contributed by atoms with van der Waals surface area (Å²) >= 11 is 0. The molecule has 6 heteroatoms. The summed E-state index contributed by atoms with van der Waals surface area (Å²) < 4.78 is 5.55. The molecule has 0 bridgehead atoms. The third-order valence-corrected chi connectivity index (χ3v) is 3.95. The molecule has 0 unspecified atom stereocenters. The molecule has 2 aromatic heterocycles. The van der Waals surface area contributed by atoms with Gasteiger partial charge in [-0.3, -0.25) is 4.79 Å². The summed E-state index contributed by atoms with van der Waals surface area (Å²) in [7, 11) is 0. The first-order chi connectivity index (χ1) is 11.6. The lowest BCUT2D eigenvalue weighted by atomic mass is 10.2. The number of carbonyl (C=O) groups excluding carboxylic acids is 1. The van der Waals surface area contributed by atoms with Gasteiger partial charge >= 0.3 is 0 Å². The van der Waals surface area contributed by atoms with E-state index in [4.69, 9.17) is 4.74 Å². The van der Waals surface area contributed by atoms with E-state index in [0.29, 0.717) is 12.2 Å². The van der Waals surface area contributed by atoms with Gasteiger partial charge in [-0.15, -0.1) is 0 Å². The van der Waals surface area contributed by atoms with Crippen LogP contribution in [0, 0.1) is 6.92 Å². The molecule has 1 fully saturated rings. The maximum absolute atomic E-state index is 12.1. The molecule has 6 nitrogen and oxygen atoms in total. The molecule has 24 heavy (non-hydrogen) atoms. The second kappa shape index (κ2) is 7.40. The van der Waals surface area contributed by atoms with Crippen LogP contribution in [-0.2, 0) is 11.3 Å². The van der Waals surface area contributed by atoms with Gasteiger partial charge in [0, 0.05) is 31.5 Å². The summed E-state index contributed by atoms with van der Waals surface area (Å²) in [4.78, 5) is 23.0. The summed E-state index contributed by atoms with van der Waals surface area (Å²) in [5.41, 5.74) is 2.22. The van der Waals surface area contributed by atoms with E-state index in [-0.39, 0.29) is 12.0 Å². The van der Waals surface area contributed by atoms with Crippen molar-refractivity contribution in [2.45, 2.75) is 26.5 Å². The lowest BCUT2D eigenvalue weighted by Gasteiger charge is -2.32. The number of carbonyl (C=O) groups is 1. The molecule has 126 valence electrons. The number of aromatic nitrogens is 2. The van der Waals surface area contributed by atoms with Gasteiger partial charge in [0.05, 0.1) is 12.7 Å². The third-order valence-electron chi connectivity index (χ3n) is 3.95. The van der Waals surface area contributed by atoms with Gasteiger partial charge in [0.1, 0.15) is 11.5 Å². The van der Waals surface area contributed by atoms with Crippen molar-refractivity contribution in [2.75, 3.05) is 24.6 Å². The minimum atomic E-state index is -0.176. The summed E-state index contributed by atoms with van der Waals surface area (Å²) in [6.45, 7) is 6.79. The van der Waals surface area contributed by atoms with E-state index in [2.05, 4.69) is 27.1 Å². The standard InChI is InChI=1S/C18H22N4O2/c1-13-4-3-5-16(21-13)18(23)20-11-15-6-7-17(19-10-15)22-8-9-24-14(2)12-22/h3-7,10,14H,8-9,11-12H2,1-2H3,(H,20,23)/t14-/m1/s1. The first-order valence-electron chi connectivity index (χ1n) is 8.15. The number of anilines is 1. The Morgan fingerprint density at radius 2 is 2.25 bits per heavy atom. The number of amides is 1. The van der Waals surface area contributed by atoms with Crippen LogP contribution in [0.3, 0.4) is 0 Å². The van der Waals surface area contributed by atoms with Gasteiger partial charge in [0.2, 0.25) is 0 Å². The van der Waals surface area contributed by atoms with Gasteiger partial charge in [-0.25, -0.2) is 9.97 Å². The van der Waals surface area contributed by atoms with Crippen LogP contribution in [0.2, 0.25) is 0 Å². The van der Waals surface area contributed by atoms with Crippen LogP contribution in [0.15, 0.2) is 36.5 Å². The fourth-order valence-corrected chi connectivity index (χ4v) is 2.68. The van der Waals surface area contributed by atoms with Crippen molar-refractivity contribution in [2.24, 2.45) is 0 Å². The van der Waals surface area contributed by atoms with Crippen LogP contribution < -0.4 is 10.2 Å². The minimum Gasteiger partial charge on any atom is -0.375 e. The molecule has 2 aromatic rings. The second-order valence-corrected chi connectivity index (χ2v) is 6.00. The quantitative estimate of drug-likeness (QED) is 0.930. The predicted octanol–water partition coefficient (Wildman–Crippen LogP) is 1.94. The molecular weight excluding hydrogens is 304 g/mol. The highest BCUT2D eigenvalue weighted by molar-refractivity contribution is 5.92. The smallest absolute Gasteiger partial charge is 0.270 e. The molecule has 1 saturated heterocycles. The largest absolute Gasteiger partial charge is 0.375 e. The predicted molar refractivity (Wildman–Crippen MR) is 92.0 cm³/mol. The van der Waals surface area contributed by atoms with Gasteiger partial charge in [0.15, 0.2) is 0 Å². The van der Waals surface area contributed by atoms with Crippen molar-refractivity contribution in [3.8, 4) is 0 Å². The van der Waals surface area contributed by atoms with Crippen LogP contribution in [0.5, 0.6) is 0 Å². The third kappa shape index (κ3) is 4.08. The highest BCUT2D eigenvalue weighted by Crippen LogP contribution is 2.15. The number of rotatable bonds is 4. The average molecular weight is 326 g/mol. The van der Waals surface area contributed by atoms with Gasteiger partial charge in [0.25, 0.3) is 5.91 Å². The van der Waals surface area contributed by atoms with Gasteiger partial charge in [-0.1, -0.05) is 12.1 Å². The maximum Gasteiger partial charge on any atom is 0.270 e. The van der Waals surface area contributed by atoms with Gasteiger partial charge in [-0.2, -0.15) is 0 Å². The van der Waals surface area contributed by atoms with Crippen molar-refractivity contribution < 1.29 is 9.53 Å². The molecule has 1 atom stereocenters. The highest BCUT2D eigenvalue weighted by atomic mass is 16.5. The molecule has 1 N–H and O–H groups in total. The van der Waals surface area contributed by atoms with Crippen molar-refractivity contribution in [3.05, 3.63) is 53.5 Å². The lowest BCUT2D eigenvalue weighted by Crippen LogP contribution is -2.41. The Kier molecular flexibility index (Phi) is 5.05. The molecule has 1 aliphatic heterocycles. The van der Waals surface area contributed by atoms with Crippen LogP contribution in [0.1, 0.15) is 28.7 Å². The van der Waals surface area contributed by atoms with Crippen molar-refractivity contribution >= 4 is 11.7 Å². The Bertz CT molecular complexity index is 702. The number of nitrogens with one attached hydrogen (secondary N) is 1. The summed E-state index contributed by atoms with van der Waals surface area (Å²) in [5, 5.41) is 2.87. The van der Waals surface area contributed by atoms with Crippen molar-refractivity contribution in [3.63, 3.8) is 0 Å². The SMILES string of the molecule is Cc1cccc(C(=O)NCc2ccc(N3CCO[C@H](C)C3)nc2)n1. The molecule has 0 saturated carbocycles. The maximum atomic E-state index is 12.1. The molecule has 0 spiro atoms. The number of hydrogen-bond donors (Lipinski definition) is 1. The zero-order valence-electron chi connectivity index (χ0n) is 14.0. The van der Waals surface area contributed by atoms with Gasteiger partial charge < -0.3 is 15.0 Å². The first-order valence-corrected chi connectivity index (χ1v) is 8.15. The molecule has 3 rings (SSSR count). The molecular formula is C18H22N4O2. The Balaban J connectivity index is 1.57. The van der Waals surface area contributed by atoms with E-state index in [1.165, 1.54) is 0 Å². The van der Waals surface area contributed by atoms with Crippen LogP contribution in [0.25, 0.3) is 0 Å². The van der Waals surface area contributed by atoms with E-state index >= 15 is 0 Å². The Hall–Kier alpha value is -2.47. The normalized spacial score (nSPS) is 17.6. The zero-order chi connectivity index (χ0) is 16.9. The fraction of sp³-hybridized carbons (Fsp3) is 0.389. The van der Waals surface area contributed by atoms with E-state index < -0.39 is 0 Å². The molecule has 1 amide bonds. The number of ether oxygens (including phenoxy) is 1. The Labute approximate surface area is 141 Å². The number of hydrogen-bond acceptors (Lipinski definition) is 5. The molecule has 1 aliphatic rings. The van der Waals surface area contributed by atoms with E-state index in [0.717, 1.165) is 36.8 Å². The first kappa shape index (κ1) is 16.4. The summed E-state index contributed by atoms with van der Waals surface area (Å²) in [6.07, 6.45) is 2.03. The molecule has 0 radical (unpaired) electrons. The highest BCUT2D eigenvalue weighted by Gasteiger charge is 2.17. The van der Waals surface area contributed by atoms with E-state index in [1.54, 1.807) is 12.3 Å². The summed E-state index contributed by atoms with van der Waals surface area (Å²) in [5.74, 6) is 0.769. The molecule has 3 heterocycles. The van der Waals surface area contributed by atoms with Crippen LogP contribution >= 0.6 is 0 Å². The Morgan fingerprint density at radius 1 is 1.38 bits per heavy atom. The minimum absolute atomic E-state index is 0.176. The fourth-order valence-electron chi connectivity index (χ4n) is 2.68. The van der Waals surface area contributed by atoms with Crippen molar-refractivity contribution in [1.29, 1.82) is 0 Å². The van der Waals surface area contributed by atoms with Crippen LogP contribution in [0.4, 0.5) is 5.82 Å². The van der Waals surface area contributed by atoms with Crippen LogP contribution in [-0.4, -0.2) is 41.7 Å². The van der Waals surface area contributed by atoms with Gasteiger partial charge in [-0.05, 0) is 37.6 Å². The average Bonchev–Trinajstić information content (AvgIpc) is 2.60. The number of aryl methyl sites for hydroxylation is 1. The lowest BCUT2D eigenvalue weighted by molar-refractivity contribution is 0.0529. The second-order valence-electron chi connectivity index (χ2n) is 6.00. The van der Waals surface area contributed by atoms with Crippen molar-refractivity contribution in [1.82, 2.24) is 15.3 Å². The van der Waals surface area contributed by atoms with E-state index in [9.17, 15) is 4.79 Å². The topological polar surface area (TPSA) is 67.4 Å². The summed E-state index contributed by atoms with van der Waals surface area (Å²) in [6, 6.07) is 9.39. The Morgan fingerprint density at radius 3 is 2.96 bits per heavy atom. The monoisotopic (exact) mass is 326 g/mol. The van der Waals surface area contributed by atoms with E-state index in [1.807, 2.05) is 31.2 Å². The molecule has 0 aromatic carbocycles. The molecule has 0 aliphatic carbocycles. The number of pyridine rings is 2. The number of morpholine rings is 1. The zero-order valence-corrected chi connectivity index (χ0v) is 14.0.